The van der Waals surface area contributed by atoms with Crippen molar-refractivity contribution in [1.82, 2.24) is 4.72 Å². The van der Waals surface area contributed by atoms with Gasteiger partial charge in [-0.25, -0.2) is 8.42 Å². The van der Waals surface area contributed by atoms with Crippen LogP contribution in [0.4, 0.5) is 13.2 Å². The normalized spacial score (nSPS) is 20.8. The zero-order chi connectivity index (χ0) is 16.4. The number of aryl methyl sites for hydroxylation is 1. The van der Waals surface area contributed by atoms with Gasteiger partial charge in [0.1, 0.15) is 6.04 Å². The molecule has 1 aliphatic carbocycles. The smallest absolute Gasteiger partial charge is 0.207 e. The first-order chi connectivity index (χ1) is 10.2. The van der Waals surface area contributed by atoms with Crippen LogP contribution in [0.2, 0.25) is 0 Å². The van der Waals surface area contributed by atoms with Gasteiger partial charge in [-0.3, -0.25) is 0 Å². The Labute approximate surface area is 128 Å². The van der Waals surface area contributed by atoms with Crippen molar-refractivity contribution in [2.75, 3.05) is 0 Å². The molecular formula is C15H18F3NO2S. The van der Waals surface area contributed by atoms with E-state index in [0.29, 0.717) is 12.8 Å². The summed E-state index contributed by atoms with van der Waals surface area (Å²) in [6, 6.07) is 3.62. The molecule has 22 heavy (non-hydrogen) atoms. The highest BCUT2D eigenvalue weighted by Crippen LogP contribution is 2.32. The van der Waals surface area contributed by atoms with Gasteiger partial charge in [-0.1, -0.05) is 29.8 Å². The van der Waals surface area contributed by atoms with E-state index >= 15 is 0 Å². The second-order valence-electron chi connectivity index (χ2n) is 5.48. The van der Waals surface area contributed by atoms with Crippen LogP contribution in [0.15, 0.2) is 41.3 Å². The van der Waals surface area contributed by atoms with E-state index in [9.17, 15) is 21.6 Å². The topological polar surface area (TPSA) is 46.2 Å². The van der Waals surface area contributed by atoms with Gasteiger partial charge in [0.25, 0.3) is 0 Å². The van der Waals surface area contributed by atoms with Gasteiger partial charge < -0.3 is 0 Å². The molecule has 7 heteroatoms. The van der Waals surface area contributed by atoms with Crippen molar-refractivity contribution in [2.24, 2.45) is 5.92 Å². The van der Waals surface area contributed by atoms with Crippen LogP contribution in [0, 0.1) is 12.8 Å². The minimum absolute atomic E-state index is 0.160. The molecular weight excluding hydrogens is 315 g/mol. The summed E-state index contributed by atoms with van der Waals surface area (Å²) in [6.45, 7) is 1.77. The number of allylic oxidation sites excluding steroid dienone is 1. The number of hydrogen-bond donors (Lipinski definition) is 1. The third-order valence-electron chi connectivity index (χ3n) is 3.69. The third-order valence-corrected chi connectivity index (χ3v) is 5.14. The van der Waals surface area contributed by atoms with E-state index in [2.05, 4.69) is 0 Å². The predicted octanol–water partition coefficient (Wildman–Crippen LogP) is 3.56. The van der Waals surface area contributed by atoms with Crippen LogP contribution in [0.3, 0.4) is 0 Å². The lowest BCUT2D eigenvalue weighted by molar-refractivity contribution is -0.160. The molecule has 0 radical (unpaired) electrons. The summed E-state index contributed by atoms with van der Waals surface area (Å²) in [7, 11) is -4.21. The van der Waals surface area contributed by atoms with Crippen molar-refractivity contribution in [3.8, 4) is 0 Å². The Morgan fingerprint density at radius 3 is 2.36 bits per heavy atom. The first-order valence-electron chi connectivity index (χ1n) is 7.02. The molecule has 0 heterocycles. The number of hydrogen-bond acceptors (Lipinski definition) is 2. The highest BCUT2D eigenvalue weighted by molar-refractivity contribution is 7.89. The van der Waals surface area contributed by atoms with Gasteiger partial charge in [0, 0.05) is 5.92 Å². The molecule has 1 aromatic carbocycles. The molecule has 2 atom stereocenters. The van der Waals surface area contributed by atoms with Crippen molar-refractivity contribution >= 4 is 10.0 Å². The van der Waals surface area contributed by atoms with Gasteiger partial charge in [0.2, 0.25) is 10.0 Å². The van der Waals surface area contributed by atoms with E-state index in [0.717, 1.165) is 12.0 Å². The number of benzene rings is 1. The lowest BCUT2D eigenvalue weighted by atomic mass is 9.89. The SMILES string of the molecule is Cc1ccc(S(=O)(=O)N[C@H]([C@@H]2C=CCCC2)C(F)(F)F)cc1. The van der Waals surface area contributed by atoms with Crippen LogP contribution in [-0.2, 0) is 10.0 Å². The molecule has 0 bridgehead atoms. The van der Waals surface area contributed by atoms with E-state index in [1.807, 2.05) is 4.72 Å². The van der Waals surface area contributed by atoms with E-state index in [-0.39, 0.29) is 4.90 Å². The third kappa shape index (κ3) is 4.10. The largest absolute Gasteiger partial charge is 0.405 e. The number of sulfonamides is 1. The molecule has 122 valence electrons. The average Bonchev–Trinajstić information content (AvgIpc) is 2.45. The molecule has 2 rings (SSSR count). The molecule has 0 aromatic heterocycles. The van der Waals surface area contributed by atoms with Crippen LogP contribution in [0.5, 0.6) is 0 Å². The van der Waals surface area contributed by atoms with Gasteiger partial charge in [-0.15, -0.1) is 0 Å². The number of alkyl halides is 3. The van der Waals surface area contributed by atoms with E-state index in [1.165, 1.54) is 18.2 Å². The Balaban J connectivity index is 2.28. The summed E-state index contributed by atoms with van der Waals surface area (Å²) in [5.41, 5.74) is 0.835. The first kappa shape index (κ1) is 17.0. The molecule has 0 saturated carbocycles. The molecule has 1 aliphatic rings. The first-order valence-corrected chi connectivity index (χ1v) is 8.51. The molecule has 0 aliphatic heterocycles. The summed E-state index contributed by atoms with van der Waals surface area (Å²) in [5.74, 6) is -0.867. The summed E-state index contributed by atoms with van der Waals surface area (Å²) < 4.78 is 66.0. The highest BCUT2D eigenvalue weighted by Gasteiger charge is 2.46. The van der Waals surface area contributed by atoms with Crippen LogP contribution in [0.1, 0.15) is 24.8 Å². The zero-order valence-electron chi connectivity index (χ0n) is 12.1. The number of nitrogens with one attached hydrogen (secondary N) is 1. The quantitative estimate of drug-likeness (QED) is 0.857. The maximum atomic E-state index is 13.3. The van der Waals surface area contributed by atoms with Crippen molar-refractivity contribution in [3.63, 3.8) is 0 Å². The Morgan fingerprint density at radius 1 is 1.23 bits per heavy atom. The molecule has 0 fully saturated rings. The number of rotatable bonds is 4. The summed E-state index contributed by atoms with van der Waals surface area (Å²) in [5, 5.41) is 0. The van der Waals surface area contributed by atoms with Crippen LogP contribution in [-0.4, -0.2) is 20.6 Å². The fourth-order valence-corrected chi connectivity index (χ4v) is 3.74. The average molecular weight is 333 g/mol. The van der Waals surface area contributed by atoms with Gasteiger partial charge in [0.05, 0.1) is 4.90 Å². The Morgan fingerprint density at radius 2 is 1.86 bits per heavy atom. The summed E-state index contributed by atoms with van der Waals surface area (Å²) in [6.07, 6.45) is 0.166. The number of halogens is 3. The van der Waals surface area contributed by atoms with Gasteiger partial charge in [-0.05, 0) is 38.3 Å². The molecule has 0 saturated heterocycles. The zero-order valence-corrected chi connectivity index (χ0v) is 12.9. The van der Waals surface area contributed by atoms with E-state index in [4.69, 9.17) is 0 Å². The lowest BCUT2D eigenvalue weighted by Crippen LogP contribution is -2.49. The minimum atomic E-state index is -4.63. The monoisotopic (exact) mass is 333 g/mol. The maximum Gasteiger partial charge on any atom is 0.405 e. The van der Waals surface area contributed by atoms with Crippen LogP contribution >= 0.6 is 0 Å². The van der Waals surface area contributed by atoms with Gasteiger partial charge in [-0.2, -0.15) is 17.9 Å². The second kappa shape index (κ2) is 6.42. The van der Waals surface area contributed by atoms with Crippen molar-refractivity contribution < 1.29 is 21.6 Å². The van der Waals surface area contributed by atoms with E-state index < -0.39 is 28.2 Å². The molecule has 0 spiro atoms. The van der Waals surface area contributed by atoms with Crippen LogP contribution in [0.25, 0.3) is 0 Å². The fourth-order valence-electron chi connectivity index (χ4n) is 2.47. The highest BCUT2D eigenvalue weighted by atomic mass is 32.2. The summed E-state index contributed by atoms with van der Waals surface area (Å²) >= 11 is 0. The molecule has 0 unspecified atom stereocenters. The van der Waals surface area contributed by atoms with Gasteiger partial charge in [0.15, 0.2) is 0 Å². The minimum Gasteiger partial charge on any atom is -0.207 e. The molecule has 1 N–H and O–H groups in total. The van der Waals surface area contributed by atoms with Crippen molar-refractivity contribution in [1.29, 1.82) is 0 Å². The lowest BCUT2D eigenvalue weighted by Gasteiger charge is -2.29. The maximum absolute atomic E-state index is 13.3. The molecule has 1 aromatic rings. The standard InChI is InChI=1S/C15H18F3NO2S/c1-11-7-9-13(10-8-11)22(20,21)19-14(15(16,17)18)12-5-3-2-4-6-12/h3,5,7-10,12,14,19H,2,4,6H2,1H3/t12-,14-/m1/s1. The Kier molecular flexibility index (Phi) is 4.97. The van der Waals surface area contributed by atoms with Crippen LogP contribution < -0.4 is 4.72 Å². The summed E-state index contributed by atoms with van der Waals surface area (Å²) in [4.78, 5) is -0.160. The predicted molar refractivity (Wildman–Crippen MR) is 77.8 cm³/mol. The van der Waals surface area contributed by atoms with Gasteiger partial charge >= 0.3 is 6.18 Å². The van der Waals surface area contributed by atoms with Crippen molar-refractivity contribution in [2.45, 2.75) is 43.3 Å². The van der Waals surface area contributed by atoms with Crippen molar-refractivity contribution in [3.05, 3.63) is 42.0 Å². The Hall–Kier alpha value is -1.34. The second-order valence-corrected chi connectivity index (χ2v) is 7.19. The molecule has 0 amide bonds. The Bertz CT molecular complexity index is 636. The molecule has 3 nitrogen and oxygen atoms in total. The van der Waals surface area contributed by atoms with E-state index in [1.54, 1.807) is 25.1 Å². The fraction of sp³-hybridized carbons (Fsp3) is 0.467.